The number of ether oxygens (including phenoxy) is 1. The smallest absolute Gasteiger partial charge is 0.408 e. The maximum atomic E-state index is 13.3. The Morgan fingerprint density at radius 2 is 1.85 bits per heavy atom. The minimum Gasteiger partial charge on any atom is -0.444 e. The Labute approximate surface area is 194 Å². The predicted octanol–water partition coefficient (Wildman–Crippen LogP) is 3.57. The van der Waals surface area contributed by atoms with E-state index in [1.54, 1.807) is 39.5 Å². The summed E-state index contributed by atoms with van der Waals surface area (Å²) in [5.74, 6) is 1.93. The number of hydrogen-bond donors (Lipinski definition) is 3. The van der Waals surface area contributed by atoms with E-state index in [-0.39, 0.29) is 11.8 Å². The van der Waals surface area contributed by atoms with E-state index in [9.17, 15) is 9.59 Å². The molecule has 1 fully saturated rings. The normalized spacial score (nSPS) is 16.9. The topological polar surface area (TPSA) is 125 Å². The first-order valence-electron chi connectivity index (χ1n) is 11.3. The second-order valence-corrected chi connectivity index (χ2v) is 10.1. The Hall–Kier alpha value is -3.17. The van der Waals surface area contributed by atoms with Crippen LogP contribution in [0, 0.1) is 13.8 Å². The molecule has 1 aliphatic heterocycles. The van der Waals surface area contributed by atoms with Crippen LogP contribution >= 0.6 is 0 Å². The van der Waals surface area contributed by atoms with Crippen molar-refractivity contribution >= 4 is 23.6 Å². The third-order valence-electron chi connectivity index (χ3n) is 5.29. The number of piperidine rings is 1. The van der Waals surface area contributed by atoms with E-state index in [4.69, 9.17) is 4.74 Å². The second kappa shape index (κ2) is 9.36. The van der Waals surface area contributed by atoms with E-state index in [1.165, 1.54) is 0 Å². The molecular weight excluding hydrogens is 422 g/mol. The van der Waals surface area contributed by atoms with Crippen molar-refractivity contribution in [1.82, 2.24) is 30.4 Å². The number of anilines is 2. The lowest BCUT2D eigenvalue weighted by atomic mass is 9.92. The summed E-state index contributed by atoms with van der Waals surface area (Å²) in [6.07, 6.45) is 1.16. The van der Waals surface area contributed by atoms with Gasteiger partial charge in [-0.15, -0.1) is 0 Å². The molecule has 1 aliphatic rings. The van der Waals surface area contributed by atoms with E-state index in [1.807, 2.05) is 26.0 Å². The summed E-state index contributed by atoms with van der Waals surface area (Å²) in [6, 6.07) is 3.82. The average molecular weight is 458 g/mol. The van der Waals surface area contributed by atoms with Crippen molar-refractivity contribution in [2.75, 3.05) is 18.4 Å². The Morgan fingerprint density at radius 1 is 1.12 bits per heavy atom. The molecule has 0 bridgehead atoms. The molecule has 1 atom stereocenters. The molecule has 2 aromatic heterocycles. The molecule has 0 spiro atoms. The van der Waals surface area contributed by atoms with Crippen molar-refractivity contribution in [3.05, 3.63) is 29.3 Å². The monoisotopic (exact) mass is 457 g/mol. The number of nitrogens with zero attached hydrogens (tertiary/aromatic N) is 4. The number of amides is 2. The fraction of sp³-hybridized carbons (Fsp3) is 0.609. The van der Waals surface area contributed by atoms with Crippen LogP contribution in [0.1, 0.15) is 70.6 Å². The minimum absolute atomic E-state index is 0.0724. The zero-order valence-corrected chi connectivity index (χ0v) is 20.6. The molecule has 2 aromatic rings. The Kier molecular flexibility index (Phi) is 6.94. The summed E-state index contributed by atoms with van der Waals surface area (Å²) < 4.78 is 5.33. The van der Waals surface area contributed by atoms with Crippen LogP contribution in [0.5, 0.6) is 0 Å². The van der Waals surface area contributed by atoms with Gasteiger partial charge in [0, 0.05) is 36.8 Å². The quantitative estimate of drug-likeness (QED) is 0.627. The van der Waals surface area contributed by atoms with Crippen molar-refractivity contribution < 1.29 is 14.3 Å². The number of carbonyl (C=O) groups is 2. The van der Waals surface area contributed by atoms with Gasteiger partial charge in [0.15, 0.2) is 5.82 Å². The van der Waals surface area contributed by atoms with Crippen molar-refractivity contribution in [2.24, 2.45) is 0 Å². The molecule has 3 heterocycles. The number of hydrogen-bond acceptors (Lipinski definition) is 7. The van der Waals surface area contributed by atoms with Crippen LogP contribution in [0.2, 0.25) is 0 Å². The first kappa shape index (κ1) is 24.5. The molecule has 10 nitrogen and oxygen atoms in total. The standard InChI is InChI=1S/C23H35N7O3/c1-14-11-19(29-28-14)26-18-12-17(24-15(2)25-18)16-9-8-10-30(13-16)20(31)23(6,7)27-21(32)33-22(3,4)5/h11-12,16H,8-10,13H2,1-7H3,(H,27,32)(H2,24,25,26,28,29)/t16-/m0/s1. The lowest BCUT2D eigenvalue weighted by Gasteiger charge is -2.38. The van der Waals surface area contributed by atoms with Gasteiger partial charge in [-0.05, 0) is 61.3 Å². The van der Waals surface area contributed by atoms with Gasteiger partial charge in [-0.2, -0.15) is 5.10 Å². The molecule has 33 heavy (non-hydrogen) atoms. The van der Waals surface area contributed by atoms with Gasteiger partial charge in [0.1, 0.15) is 22.8 Å². The van der Waals surface area contributed by atoms with Gasteiger partial charge in [-0.3, -0.25) is 9.89 Å². The molecule has 0 aliphatic carbocycles. The number of aryl methyl sites for hydroxylation is 2. The van der Waals surface area contributed by atoms with Crippen LogP contribution < -0.4 is 10.6 Å². The summed E-state index contributed by atoms with van der Waals surface area (Å²) in [6.45, 7) is 13.7. The Balaban J connectivity index is 1.70. The number of nitrogens with one attached hydrogen (secondary N) is 3. The largest absolute Gasteiger partial charge is 0.444 e. The van der Waals surface area contributed by atoms with Crippen LogP contribution in [-0.4, -0.2) is 61.3 Å². The van der Waals surface area contributed by atoms with Gasteiger partial charge >= 0.3 is 6.09 Å². The zero-order chi connectivity index (χ0) is 24.4. The average Bonchev–Trinajstić information content (AvgIpc) is 3.09. The third-order valence-corrected chi connectivity index (χ3v) is 5.29. The molecule has 10 heteroatoms. The molecule has 0 radical (unpaired) electrons. The molecule has 0 saturated carbocycles. The lowest BCUT2D eigenvalue weighted by molar-refractivity contribution is -0.138. The minimum atomic E-state index is -1.09. The van der Waals surface area contributed by atoms with Crippen molar-refractivity contribution in [3.8, 4) is 0 Å². The molecule has 3 rings (SSSR count). The fourth-order valence-corrected chi connectivity index (χ4v) is 3.89. The maximum Gasteiger partial charge on any atom is 0.408 e. The molecular formula is C23H35N7O3. The third kappa shape index (κ3) is 6.66. The SMILES string of the molecule is Cc1nc(Nc2cc(C)[nH]n2)cc([C@H]2CCCN(C(=O)C(C)(C)NC(=O)OC(C)(C)C)C2)n1. The molecule has 2 amide bonds. The summed E-state index contributed by atoms with van der Waals surface area (Å²) in [4.78, 5) is 36.4. The lowest BCUT2D eigenvalue weighted by Crippen LogP contribution is -2.58. The van der Waals surface area contributed by atoms with Crippen LogP contribution in [0.15, 0.2) is 12.1 Å². The van der Waals surface area contributed by atoms with Crippen LogP contribution in [0.4, 0.5) is 16.4 Å². The summed E-state index contributed by atoms with van der Waals surface area (Å²) in [5.41, 5.74) is 0.112. The van der Waals surface area contributed by atoms with Gasteiger partial charge in [-0.1, -0.05) is 0 Å². The highest BCUT2D eigenvalue weighted by Crippen LogP contribution is 2.29. The van der Waals surface area contributed by atoms with Crippen molar-refractivity contribution in [2.45, 2.75) is 78.4 Å². The fourth-order valence-electron chi connectivity index (χ4n) is 3.89. The van der Waals surface area contributed by atoms with E-state index >= 15 is 0 Å². The second-order valence-electron chi connectivity index (χ2n) is 10.1. The summed E-state index contributed by atoms with van der Waals surface area (Å²) in [7, 11) is 0. The highest BCUT2D eigenvalue weighted by atomic mass is 16.6. The van der Waals surface area contributed by atoms with Crippen LogP contribution in [-0.2, 0) is 9.53 Å². The van der Waals surface area contributed by atoms with Crippen LogP contribution in [0.25, 0.3) is 0 Å². The Morgan fingerprint density at radius 3 is 2.48 bits per heavy atom. The number of likely N-dealkylation sites (tertiary alicyclic amines) is 1. The van der Waals surface area contributed by atoms with Gasteiger partial charge in [0.05, 0.1) is 5.69 Å². The molecule has 3 N–H and O–H groups in total. The van der Waals surface area contributed by atoms with Gasteiger partial charge in [0.2, 0.25) is 5.91 Å². The van der Waals surface area contributed by atoms with Gasteiger partial charge in [-0.25, -0.2) is 14.8 Å². The van der Waals surface area contributed by atoms with Gasteiger partial charge in [0.25, 0.3) is 0 Å². The number of aromatic amines is 1. The molecule has 1 saturated heterocycles. The maximum absolute atomic E-state index is 13.3. The number of aromatic nitrogens is 4. The first-order valence-corrected chi connectivity index (χ1v) is 11.3. The van der Waals surface area contributed by atoms with Crippen molar-refractivity contribution in [1.29, 1.82) is 0 Å². The van der Waals surface area contributed by atoms with Crippen molar-refractivity contribution in [3.63, 3.8) is 0 Å². The Bertz CT molecular complexity index is 1010. The zero-order valence-electron chi connectivity index (χ0n) is 20.6. The number of H-pyrrole nitrogens is 1. The summed E-state index contributed by atoms with van der Waals surface area (Å²) in [5, 5.41) is 13.0. The van der Waals surface area contributed by atoms with E-state index in [0.717, 1.165) is 24.2 Å². The summed E-state index contributed by atoms with van der Waals surface area (Å²) >= 11 is 0. The molecule has 0 unspecified atom stereocenters. The number of rotatable bonds is 5. The molecule has 0 aromatic carbocycles. The highest BCUT2D eigenvalue weighted by Gasteiger charge is 2.37. The van der Waals surface area contributed by atoms with E-state index < -0.39 is 17.2 Å². The predicted molar refractivity (Wildman–Crippen MR) is 125 cm³/mol. The highest BCUT2D eigenvalue weighted by molar-refractivity contribution is 5.89. The molecule has 180 valence electrons. The number of alkyl carbamates (subject to hydrolysis) is 1. The van der Waals surface area contributed by atoms with E-state index in [2.05, 4.69) is 30.8 Å². The first-order chi connectivity index (χ1) is 15.3. The van der Waals surface area contributed by atoms with Crippen LogP contribution in [0.3, 0.4) is 0 Å². The van der Waals surface area contributed by atoms with Gasteiger partial charge < -0.3 is 20.3 Å². The van der Waals surface area contributed by atoms with E-state index in [0.29, 0.717) is 30.5 Å². The number of carbonyl (C=O) groups excluding carboxylic acids is 2.